The van der Waals surface area contributed by atoms with Gasteiger partial charge in [0.25, 0.3) is 0 Å². The molecular weight excluding hydrogens is 348 g/mol. The zero-order valence-corrected chi connectivity index (χ0v) is 16.8. The number of aryl methyl sites for hydroxylation is 1. The lowest BCUT2D eigenvalue weighted by Gasteiger charge is -2.29. The first-order valence-electron chi connectivity index (χ1n) is 9.56. The SMILES string of the molecule is Cc1ccc(CS(=O)(=O)N2CC(C(=O)NC(C)C)C3(CCCC3)C2)cc1. The van der Waals surface area contributed by atoms with Crippen molar-refractivity contribution in [2.24, 2.45) is 11.3 Å². The van der Waals surface area contributed by atoms with Crippen LogP contribution in [0.25, 0.3) is 0 Å². The van der Waals surface area contributed by atoms with E-state index in [0.29, 0.717) is 13.1 Å². The molecule has 1 aromatic carbocycles. The number of carbonyl (C=O) groups excluding carboxylic acids is 1. The molecule has 3 rings (SSSR count). The molecule has 0 radical (unpaired) electrons. The van der Waals surface area contributed by atoms with Gasteiger partial charge in [0.05, 0.1) is 11.7 Å². The van der Waals surface area contributed by atoms with E-state index in [1.54, 1.807) is 4.31 Å². The highest BCUT2D eigenvalue weighted by Crippen LogP contribution is 2.50. The fourth-order valence-electron chi connectivity index (χ4n) is 4.45. The minimum Gasteiger partial charge on any atom is -0.354 e. The Bertz CT molecular complexity index is 750. The van der Waals surface area contributed by atoms with E-state index >= 15 is 0 Å². The van der Waals surface area contributed by atoms with Gasteiger partial charge in [-0.05, 0) is 44.6 Å². The van der Waals surface area contributed by atoms with Gasteiger partial charge in [-0.1, -0.05) is 42.7 Å². The third kappa shape index (κ3) is 3.96. The Kier molecular flexibility index (Phi) is 5.45. The van der Waals surface area contributed by atoms with Gasteiger partial charge in [0.2, 0.25) is 15.9 Å². The second-order valence-electron chi connectivity index (χ2n) is 8.32. The van der Waals surface area contributed by atoms with Crippen LogP contribution in [0.3, 0.4) is 0 Å². The van der Waals surface area contributed by atoms with Crippen LogP contribution in [0, 0.1) is 18.3 Å². The molecule has 2 fully saturated rings. The lowest BCUT2D eigenvalue weighted by Crippen LogP contribution is -2.42. The molecule has 1 unspecified atom stereocenters. The molecule has 1 aliphatic carbocycles. The molecule has 0 bridgehead atoms. The molecule has 1 aromatic rings. The van der Waals surface area contributed by atoms with Crippen molar-refractivity contribution < 1.29 is 13.2 Å². The minimum absolute atomic E-state index is 0.00186. The number of benzene rings is 1. The number of carbonyl (C=O) groups is 1. The van der Waals surface area contributed by atoms with Gasteiger partial charge in [-0.3, -0.25) is 4.79 Å². The number of sulfonamides is 1. The van der Waals surface area contributed by atoms with Crippen LogP contribution in [0.15, 0.2) is 24.3 Å². The molecule has 2 aliphatic rings. The highest BCUT2D eigenvalue weighted by molar-refractivity contribution is 7.88. The van der Waals surface area contributed by atoms with Gasteiger partial charge < -0.3 is 5.32 Å². The summed E-state index contributed by atoms with van der Waals surface area (Å²) in [5.74, 6) is -0.225. The van der Waals surface area contributed by atoms with E-state index in [9.17, 15) is 13.2 Å². The third-order valence-electron chi connectivity index (χ3n) is 5.83. The van der Waals surface area contributed by atoms with Crippen molar-refractivity contribution in [2.45, 2.75) is 58.2 Å². The summed E-state index contributed by atoms with van der Waals surface area (Å²) in [7, 11) is -3.43. The van der Waals surface area contributed by atoms with Crippen molar-refractivity contribution in [2.75, 3.05) is 13.1 Å². The van der Waals surface area contributed by atoms with E-state index in [4.69, 9.17) is 0 Å². The summed E-state index contributed by atoms with van der Waals surface area (Å²) >= 11 is 0. The number of hydrogen-bond donors (Lipinski definition) is 1. The van der Waals surface area contributed by atoms with Crippen LogP contribution in [0.5, 0.6) is 0 Å². The van der Waals surface area contributed by atoms with E-state index in [0.717, 1.165) is 36.8 Å². The van der Waals surface area contributed by atoms with Crippen LogP contribution in [0.2, 0.25) is 0 Å². The van der Waals surface area contributed by atoms with Crippen LogP contribution in [0.4, 0.5) is 0 Å². The second kappa shape index (κ2) is 7.31. The fourth-order valence-corrected chi connectivity index (χ4v) is 6.08. The van der Waals surface area contributed by atoms with Crippen LogP contribution in [-0.2, 0) is 20.6 Å². The van der Waals surface area contributed by atoms with E-state index < -0.39 is 10.0 Å². The van der Waals surface area contributed by atoms with Crippen molar-refractivity contribution in [3.05, 3.63) is 35.4 Å². The van der Waals surface area contributed by atoms with Crippen LogP contribution < -0.4 is 5.32 Å². The Labute approximate surface area is 157 Å². The number of nitrogens with one attached hydrogen (secondary N) is 1. The number of amides is 1. The zero-order valence-electron chi connectivity index (χ0n) is 16.0. The van der Waals surface area contributed by atoms with Gasteiger partial charge in [0.15, 0.2) is 0 Å². The Morgan fingerprint density at radius 1 is 1.23 bits per heavy atom. The molecule has 1 aliphatic heterocycles. The van der Waals surface area contributed by atoms with Crippen LogP contribution in [-0.4, -0.2) is 37.8 Å². The molecule has 144 valence electrons. The van der Waals surface area contributed by atoms with Crippen molar-refractivity contribution in [3.8, 4) is 0 Å². The maximum atomic E-state index is 13.0. The summed E-state index contributed by atoms with van der Waals surface area (Å²) in [6, 6.07) is 7.69. The summed E-state index contributed by atoms with van der Waals surface area (Å²) in [6.07, 6.45) is 4.05. The Morgan fingerprint density at radius 3 is 2.42 bits per heavy atom. The van der Waals surface area contributed by atoms with Gasteiger partial charge in [-0.25, -0.2) is 12.7 Å². The lowest BCUT2D eigenvalue weighted by atomic mass is 9.76. The summed E-state index contributed by atoms with van der Waals surface area (Å²) in [4.78, 5) is 12.8. The van der Waals surface area contributed by atoms with Gasteiger partial charge in [0, 0.05) is 19.1 Å². The molecule has 1 saturated heterocycles. The quantitative estimate of drug-likeness (QED) is 0.857. The Morgan fingerprint density at radius 2 is 1.85 bits per heavy atom. The van der Waals surface area contributed by atoms with Gasteiger partial charge in [-0.15, -0.1) is 0 Å². The molecule has 1 atom stereocenters. The molecule has 1 saturated carbocycles. The number of rotatable bonds is 5. The monoisotopic (exact) mass is 378 g/mol. The average Bonchev–Trinajstić information content (AvgIpc) is 3.17. The highest BCUT2D eigenvalue weighted by atomic mass is 32.2. The second-order valence-corrected chi connectivity index (χ2v) is 10.3. The summed E-state index contributed by atoms with van der Waals surface area (Å²) < 4.78 is 27.6. The molecular formula is C20H30N2O3S. The van der Waals surface area contributed by atoms with Gasteiger partial charge in [0.1, 0.15) is 0 Å². The Hall–Kier alpha value is -1.40. The summed E-state index contributed by atoms with van der Waals surface area (Å²) in [5.41, 5.74) is 1.73. The number of nitrogens with zero attached hydrogens (tertiary/aromatic N) is 1. The predicted molar refractivity (Wildman–Crippen MR) is 103 cm³/mol. The molecule has 1 heterocycles. The topological polar surface area (TPSA) is 66.5 Å². The average molecular weight is 379 g/mol. The maximum absolute atomic E-state index is 13.0. The van der Waals surface area contributed by atoms with Crippen molar-refractivity contribution in [1.29, 1.82) is 0 Å². The minimum atomic E-state index is -3.43. The first-order chi connectivity index (χ1) is 12.2. The van der Waals surface area contributed by atoms with E-state index in [-0.39, 0.29) is 29.0 Å². The largest absolute Gasteiger partial charge is 0.354 e. The first kappa shape index (κ1) is 19.4. The van der Waals surface area contributed by atoms with E-state index in [2.05, 4.69) is 5.32 Å². The smallest absolute Gasteiger partial charge is 0.225 e. The van der Waals surface area contributed by atoms with Gasteiger partial charge >= 0.3 is 0 Å². The molecule has 26 heavy (non-hydrogen) atoms. The van der Waals surface area contributed by atoms with Gasteiger partial charge in [-0.2, -0.15) is 0 Å². The van der Waals surface area contributed by atoms with Crippen molar-refractivity contribution in [1.82, 2.24) is 9.62 Å². The van der Waals surface area contributed by atoms with Crippen molar-refractivity contribution in [3.63, 3.8) is 0 Å². The Balaban J connectivity index is 1.80. The van der Waals surface area contributed by atoms with Crippen LogP contribution >= 0.6 is 0 Å². The zero-order chi connectivity index (χ0) is 18.9. The molecule has 1 spiro atoms. The first-order valence-corrected chi connectivity index (χ1v) is 11.2. The molecule has 5 nitrogen and oxygen atoms in total. The standard InChI is InChI=1S/C20H30N2O3S/c1-15(2)21-19(23)18-12-22(14-20(18)10-4-5-11-20)26(24,25)13-17-8-6-16(3)7-9-17/h6-9,15,18H,4-5,10-14H2,1-3H3,(H,21,23). The maximum Gasteiger partial charge on any atom is 0.225 e. The van der Waals surface area contributed by atoms with E-state index in [1.165, 1.54) is 0 Å². The summed E-state index contributed by atoms with van der Waals surface area (Å²) in [6.45, 7) is 6.67. The molecule has 1 N–H and O–H groups in total. The van der Waals surface area contributed by atoms with Crippen molar-refractivity contribution >= 4 is 15.9 Å². The van der Waals surface area contributed by atoms with E-state index in [1.807, 2.05) is 45.0 Å². The third-order valence-corrected chi connectivity index (χ3v) is 7.59. The number of hydrogen-bond acceptors (Lipinski definition) is 3. The molecule has 1 amide bonds. The highest BCUT2D eigenvalue weighted by Gasteiger charge is 2.53. The predicted octanol–water partition coefficient (Wildman–Crippen LogP) is 2.84. The molecule has 0 aromatic heterocycles. The summed E-state index contributed by atoms with van der Waals surface area (Å²) in [5, 5.41) is 3.00. The molecule has 6 heteroatoms. The normalized spacial score (nSPS) is 23.0. The van der Waals surface area contributed by atoms with Crippen LogP contribution in [0.1, 0.15) is 50.7 Å². The lowest BCUT2D eigenvalue weighted by molar-refractivity contribution is -0.128. The fraction of sp³-hybridized carbons (Fsp3) is 0.650.